The molecule has 0 aromatic heterocycles. The number of allylic oxidation sites excluding steroid dienone is 1. The zero-order valence-corrected chi connectivity index (χ0v) is 11.0. The first-order valence-corrected chi connectivity index (χ1v) is 7.08. The van der Waals surface area contributed by atoms with Gasteiger partial charge in [-0.25, -0.2) is 0 Å². The minimum absolute atomic E-state index is 0.0138. The van der Waals surface area contributed by atoms with Crippen molar-refractivity contribution in [3.63, 3.8) is 0 Å². The highest BCUT2D eigenvalue weighted by Crippen LogP contribution is 2.71. The highest BCUT2D eigenvalue weighted by molar-refractivity contribution is 5.94. The highest BCUT2D eigenvalue weighted by atomic mass is 16.6. The van der Waals surface area contributed by atoms with E-state index in [2.05, 4.69) is 0 Å². The van der Waals surface area contributed by atoms with Crippen molar-refractivity contribution in [1.29, 1.82) is 0 Å². The summed E-state index contributed by atoms with van der Waals surface area (Å²) in [5, 5.41) is 11.0. The van der Waals surface area contributed by atoms with E-state index in [-0.39, 0.29) is 35.4 Å². The number of ether oxygens (including phenoxy) is 1. The van der Waals surface area contributed by atoms with E-state index in [0.29, 0.717) is 12.8 Å². The molecule has 1 aliphatic heterocycles. The van der Waals surface area contributed by atoms with Gasteiger partial charge >= 0.3 is 5.97 Å². The van der Waals surface area contributed by atoms with Gasteiger partial charge in [0, 0.05) is 17.8 Å². The second kappa shape index (κ2) is 3.11. The van der Waals surface area contributed by atoms with Gasteiger partial charge in [0.1, 0.15) is 5.60 Å². The minimum atomic E-state index is -0.931. The maximum Gasteiger partial charge on any atom is 0.310 e. The Morgan fingerprint density at radius 3 is 2.68 bits per heavy atom. The van der Waals surface area contributed by atoms with Gasteiger partial charge in [-0.1, -0.05) is 0 Å². The third-order valence-electron chi connectivity index (χ3n) is 5.91. The normalized spacial score (nSPS) is 51.5. The fourth-order valence-electron chi connectivity index (χ4n) is 4.91. The lowest BCUT2D eigenvalue weighted by Crippen LogP contribution is -2.56. The van der Waals surface area contributed by atoms with Crippen LogP contribution >= 0.6 is 0 Å². The maximum absolute atomic E-state index is 12.2. The Labute approximate surface area is 111 Å². The molecule has 1 heterocycles. The van der Waals surface area contributed by atoms with Gasteiger partial charge in [0.25, 0.3) is 0 Å². The molecule has 1 N–H and O–H groups in total. The number of ketones is 1. The Kier molecular flexibility index (Phi) is 1.91. The number of carbonyl (C=O) groups is 2. The average molecular weight is 262 g/mol. The van der Waals surface area contributed by atoms with Crippen molar-refractivity contribution in [2.24, 2.45) is 17.3 Å². The second-order valence-corrected chi connectivity index (χ2v) is 6.90. The number of hydrogen-bond acceptors (Lipinski definition) is 4. The number of rotatable bonds is 0. The van der Waals surface area contributed by atoms with Gasteiger partial charge < -0.3 is 9.84 Å². The molecule has 4 rings (SSSR count). The molecule has 2 unspecified atom stereocenters. The van der Waals surface area contributed by atoms with Gasteiger partial charge in [-0.3, -0.25) is 9.59 Å². The zero-order valence-electron chi connectivity index (χ0n) is 11.0. The number of carbonyl (C=O) groups excluding carboxylic acids is 2. The van der Waals surface area contributed by atoms with Crippen LogP contribution in [-0.4, -0.2) is 28.1 Å². The molecular formula is C15H18O4. The number of esters is 1. The SMILES string of the molecule is C[C@@]12CCC3(O)/C=C\C(=O)C[C@@H](C(=O)O1)C2C31CC1. The van der Waals surface area contributed by atoms with Crippen molar-refractivity contribution in [2.45, 2.75) is 50.2 Å². The predicted octanol–water partition coefficient (Wildman–Crippen LogP) is 1.37. The summed E-state index contributed by atoms with van der Waals surface area (Å²) in [6.45, 7) is 1.98. The molecule has 4 atom stereocenters. The first kappa shape index (κ1) is 11.6. The van der Waals surface area contributed by atoms with E-state index < -0.39 is 11.2 Å². The van der Waals surface area contributed by atoms with Gasteiger partial charge in [-0.05, 0) is 44.8 Å². The molecule has 1 saturated heterocycles. The van der Waals surface area contributed by atoms with Crippen LogP contribution < -0.4 is 0 Å². The van der Waals surface area contributed by atoms with Gasteiger partial charge in [0.05, 0.1) is 11.5 Å². The van der Waals surface area contributed by atoms with Crippen LogP contribution in [-0.2, 0) is 14.3 Å². The lowest BCUT2D eigenvalue weighted by molar-refractivity contribution is -0.160. The van der Waals surface area contributed by atoms with E-state index in [1.165, 1.54) is 6.08 Å². The summed E-state index contributed by atoms with van der Waals surface area (Å²) in [4.78, 5) is 24.0. The molecule has 19 heavy (non-hydrogen) atoms. The van der Waals surface area contributed by atoms with Crippen molar-refractivity contribution in [1.82, 2.24) is 0 Å². The third kappa shape index (κ3) is 1.23. The van der Waals surface area contributed by atoms with E-state index in [9.17, 15) is 14.7 Å². The Hall–Kier alpha value is -1.16. The summed E-state index contributed by atoms with van der Waals surface area (Å²) in [6, 6.07) is 0. The van der Waals surface area contributed by atoms with Crippen molar-refractivity contribution in [3.05, 3.63) is 12.2 Å². The van der Waals surface area contributed by atoms with Crippen LogP contribution in [0, 0.1) is 17.3 Å². The van der Waals surface area contributed by atoms with Gasteiger partial charge in [-0.2, -0.15) is 0 Å². The highest BCUT2D eigenvalue weighted by Gasteiger charge is 2.74. The molecule has 0 amide bonds. The molecule has 2 saturated carbocycles. The maximum atomic E-state index is 12.2. The van der Waals surface area contributed by atoms with Crippen molar-refractivity contribution < 1.29 is 19.4 Å². The minimum Gasteiger partial charge on any atom is -0.459 e. The Morgan fingerprint density at radius 1 is 1.26 bits per heavy atom. The van der Waals surface area contributed by atoms with Crippen LogP contribution in [0.25, 0.3) is 0 Å². The summed E-state index contributed by atoms with van der Waals surface area (Å²) in [7, 11) is 0. The van der Waals surface area contributed by atoms with E-state index >= 15 is 0 Å². The predicted molar refractivity (Wildman–Crippen MR) is 66.1 cm³/mol. The van der Waals surface area contributed by atoms with Gasteiger partial charge in [0.15, 0.2) is 5.78 Å². The van der Waals surface area contributed by atoms with Gasteiger partial charge in [0.2, 0.25) is 0 Å². The molecule has 0 aromatic carbocycles. The lowest BCUT2D eigenvalue weighted by Gasteiger charge is -2.50. The monoisotopic (exact) mass is 262 g/mol. The van der Waals surface area contributed by atoms with Crippen LogP contribution in [0.4, 0.5) is 0 Å². The first-order chi connectivity index (χ1) is 8.90. The molecule has 0 aromatic rings. The topological polar surface area (TPSA) is 63.6 Å². The van der Waals surface area contributed by atoms with Crippen molar-refractivity contribution in [2.75, 3.05) is 0 Å². The summed E-state index contributed by atoms with van der Waals surface area (Å²) in [5.74, 6) is -0.698. The Morgan fingerprint density at radius 2 is 2.00 bits per heavy atom. The average Bonchev–Trinajstić information content (AvgIpc) is 3.08. The Balaban J connectivity index is 1.92. The van der Waals surface area contributed by atoms with Crippen molar-refractivity contribution >= 4 is 11.8 Å². The number of hydrogen-bond donors (Lipinski definition) is 1. The molecule has 4 aliphatic rings. The largest absolute Gasteiger partial charge is 0.459 e. The smallest absolute Gasteiger partial charge is 0.310 e. The first-order valence-electron chi connectivity index (χ1n) is 7.08. The van der Waals surface area contributed by atoms with Crippen LogP contribution in [0.15, 0.2) is 12.2 Å². The molecule has 102 valence electrons. The van der Waals surface area contributed by atoms with Crippen LogP contribution in [0.2, 0.25) is 0 Å². The van der Waals surface area contributed by atoms with Crippen LogP contribution in [0.1, 0.15) is 39.0 Å². The van der Waals surface area contributed by atoms with Crippen LogP contribution in [0.5, 0.6) is 0 Å². The molecule has 0 radical (unpaired) electrons. The molecule has 4 heteroatoms. The van der Waals surface area contributed by atoms with E-state index in [1.54, 1.807) is 6.08 Å². The molecule has 4 nitrogen and oxygen atoms in total. The fraction of sp³-hybridized carbons (Fsp3) is 0.733. The van der Waals surface area contributed by atoms with Crippen LogP contribution in [0.3, 0.4) is 0 Å². The van der Waals surface area contributed by atoms with E-state index in [4.69, 9.17) is 4.74 Å². The molecule has 3 aliphatic carbocycles. The summed E-state index contributed by atoms with van der Waals surface area (Å²) in [6.07, 6.45) is 6.50. The standard InChI is InChI=1S/C15H18O4/c1-13-4-7-15(18)3-2-9(16)8-10(12(17)19-13)11(13)14(15)5-6-14/h2-3,10-11,18H,4-8H2,1H3/b3-2-/t10-,11?,13+,15?/m1/s1. The van der Waals surface area contributed by atoms with Crippen molar-refractivity contribution in [3.8, 4) is 0 Å². The Bertz CT molecular complexity index is 518. The lowest BCUT2D eigenvalue weighted by atomic mass is 9.56. The molecule has 1 spiro atoms. The summed E-state index contributed by atoms with van der Waals surface area (Å²) < 4.78 is 5.63. The number of aliphatic hydroxyl groups is 1. The second-order valence-electron chi connectivity index (χ2n) is 6.90. The van der Waals surface area contributed by atoms with E-state index in [0.717, 1.165) is 12.8 Å². The molecule has 2 bridgehead atoms. The quantitative estimate of drug-likeness (QED) is 0.670. The fourth-order valence-corrected chi connectivity index (χ4v) is 4.91. The summed E-state index contributed by atoms with van der Waals surface area (Å²) >= 11 is 0. The third-order valence-corrected chi connectivity index (χ3v) is 5.91. The zero-order chi connectivity index (χ0) is 13.5. The van der Waals surface area contributed by atoms with E-state index in [1.807, 2.05) is 6.92 Å². The van der Waals surface area contributed by atoms with Gasteiger partial charge in [-0.15, -0.1) is 0 Å². The molecule has 3 fully saturated rings. The summed E-state index contributed by atoms with van der Waals surface area (Å²) in [5.41, 5.74) is -1.66. The molecular weight excluding hydrogens is 244 g/mol.